The molecule has 0 aliphatic carbocycles. The smallest absolute Gasteiger partial charge is 0.174 e. The predicted molar refractivity (Wildman–Crippen MR) is 85.0 cm³/mol. The van der Waals surface area contributed by atoms with Crippen LogP contribution in [-0.4, -0.2) is 54.7 Å². The van der Waals surface area contributed by atoms with E-state index >= 15 is 0 Å². The van der Waals surface area contributed by atoms with Crippen molar-refractivity contribution in [1.29, 1.82) is 0 Å². The van der Waals surface area contributed by atoms with Crippen molar-refractivity contribution in [2.45, 2.75) is 19.8 Å². The van der Waals surface area contributed by atoms with E-state index in [1.165, 1.54) is 0 Å². The fourth-order valence-corrected chi connectivity index (χ4v) is 2.99. The van der Waals surface area contributed by atoms with Gasteiger partial charge < -0.3 is 20.7 Å². The molecule has 1 aromatic rings. The van der Waals surface area contributed by atoms with E-state index < -0.39 is 0 Å². The molecule has 1 saturated heterocycles. The number of aromatic nitrogens is 1. The number of nitrogens with zero attached hydrogens (tertiary/aromatic N) is 4. The number of pyridine rings is 1. The molecule has 1 aliphatic rings. The molecule has 21 heavy (non-hydrogen) atoms. The van der Waals surface area contributed by atoms with Gasteiger partial charge in [0.05, 0.1) is 5.56 Å². The molecule has 1 fully saturated rings. The van der Waals surface area contributed by atoms with Gasteiger partial charge in [-0.25, -0.2) is 4.98 Å². The van der Waals surface area contributed by atoms with Gasteiger partial charge in [0, 0.05) is 25.8 Å². The lowest BCUT2D eigenvalue weighted by molar-refractivity contribution is 0.284. The number of oxime groups is 1. The molecular formula is C15H25N5O. The van der Waals surface area contributed by atoms with Gasteiger partial charge in [0.1, 0.15) is 5.82 Å². The van der Waals surface area contributed by atoms with Crippen LogP contribution in [0.3, 0.4) is 0 Å². The highest BCUT2D eigenvalue weighted by molar-refractivity contribution is 6.02. The maximum Gasteiger partial charge on any atom is 0.174 e. The van der Waals surface area contributed by atoms with Crippen molar-refractivity contribution in [2.75, 3.05) is 38.6 Å². The summed E-state index contributed by atoms with van der Waals surface area (Å²) in [5.41, 5.74) is 7.54. The van der Waals surface area contributed by atoms with E-state index in [-0.39, 0.29) is 5.84 Å². The predicted octanol–water partition coefficient (Wildman–Crippen LogP) is 1.26. The van der Waals surface area contributed by atoms with E-state index in [1.807, 2.05) is 13.0 Å². The summed E-state index contributed by atoms with van der Waals surface area (Å²) in [7, 11) is 4.23. The lowest BCUT2D eigenvalue weighted by Crippen LogP contribution is -2.38. The first-order chi connectivity index (χ1) is 10.0. The molecule has 0 aromatic carbocycles. The second-order valence-corrected chi connectivity index (χ2v) is 6.00. The first-order valence-electron chi connectivity index (χ1n) is 7.36. The molecule has 0 bridgehead atoms. The minimum Gasteiger partial charge on any atom is -0.409 e. The molecule has 1 aromatic heterocycles. The van der Waals surface area contributed by atoms with Crippen LogP contribution >= 0.6 is 0 Å². The molecule has 0 radical (unpaired) electrons. The molecule has 2 rings (SSSR count). The van der Waals surface area contributed by atoms with Crippen molar-refractivity contribution in [3.05, 3.63) is 23.4 Å². The third kappa shape index (κ3) is 3.64. The van der Waals surface area contributed by atoms with Gasteiger partial charge in [-0.1, -0.05) is 5.16 Å². The van der Waals surface area contributed by atoms with Crippen LogP contribution in [0, 0.1) is 12.8 Å². The van der Waals surface area contributed by atoms with Crippen LogP contribution in [0.25, 0.3) is 0 Å². The van der Waals surface area contributed by atoms with E-state index in [1.54, 1.807) is 6.20 Å². The zero-order valence-corrected chi connectivity index (χ0v) is 13.1. The molecule has 0 amide bonds. The van der Waals surface area contributed by atoms with Crippen molar-refractivity contribution in [2.24, 2.45) is 16.8 Å². The quantitative estimate of drug-likeness (QED) is 0.378. The van der Waals surface area contributed by atoms with E-state index in [0.717, 1.165) is 55.3 Å². The van der Waals surface area contributed by atoms with Crippen LogP contribution in [0.1, 0.15) is 24.0 Å². The van der Waals surface area contributed by atoms with Crippen molar-refractivity contribution in [3.63, 3.8) is 0 Å². The Balaban J connectivity index is 2.15. The molecule has 0 spiro atoms. The van der Waals surface area contributed by atoms with Crippen molar-refractivity contribution in [3.8, 4) is 0 Å². The molecular weight excluding hydrogens is 266 g/mol. The van der Waals surface area contributed by atoms with Gasteiger partial charge >= 0.3 is 0 Å². The number of hydrogen-bond acceptors (Lipinski definition) is 5. The normalized spacial score (nSPS) is 17.5. The number of amidine groups is 1. The molecule has 0 saturated carbocycles. The minimum atomic E-state index is 0.131. The monoisotopic (exact) mass is 291 g/mol. The molecule has 0 atom stereocenters. The van der Waals surface area contributed by atoms with Crippen LogP contribution in [-0.2, 0) is 0 Å². The third-order valence-corrected chi connectivity index (χ3v) is 4.04. The van der Waals surface area contributed by atoms with E-state index in [2.05, 4.69) is 34.0 Å². The number of hydrogen-bond donors (Lipinski definition) is 2. The zero-order chi connectivity index (χ0) is 15.4. The van der Waals surface area contributed by atoms with Crippen LogP contribution in [0.15, 0.2) is 17.4 Å². The SMILES string of the molecule is Cc1ccnc(N2CCC(CN(C)C)CC2)c1/C(N)=N/O. The van der Waals surface area contributed by atoms with Crippen LogP contribution in [0.5, 0.6) is 0 Å². The Hall–Kier alpha value is -1.82. The Morgan fingerprint density at radius 1 is 1.48 bits per heavy atom. The van der Waals surface area contributed by atoms with Gasteiger partial charge in [-0.15, -0.1) is 0 Å². The highest BCUT2D eigenvalue weighted by Gasteiger charge is 2.24. The molecule has 3 N–H and O–H groups in total. The fraction of sp³-hybridized carbons (Fsp3) is 0.600. The molecule has 2 heterocycles. The van der Waals surface area contributed by atoms with E-state index in [4.69, 9.17) is 10.9 Å². The van der Waals surface area contributed by atoms with Crippen molar-refractivity contribution in [1.82, 2.24) is 9.88 Å². The zero-order valence-electron chi connectivity index (χ0n) is 13.1. The second kappa shape index (κ2) is 6.76. The molecule has 1 aliphatic heterocycles. The Morgan fingerprint density at radius 3 is 2.71 bits per heavy atom. The average molecular weight is 291 g/mol. The maximum absolute atomic E-state index is 8.99. The Bertz CT molecular complexity index is 507. The Morgan fingerprint density at radius 2 is 2.14 bits per heavy atom. The number of nitrogens with two attached hydrogens (primary N) is 1. The summed E-state index contributed by atoms with van der Waals surface area (Å²) >= 11 is 0. The summed E-state index contributed by atoms with van der Waals surface area (Å²) in [6, 6.07) is 1.88. The van der Waals surface area contributed by atoms with Crippen molar-refractivity contribution < 1.29 is 5.21 Å². The number of aryl methyl sites for hydroxylation is 1. The minimum absolute atomic E-state index is 0.131. The summed E-state index contributed by atoms with van der Waals surface area (Å²) in [5, 5.41) is 12.1. The van der Waals surface area contributed by atoms with Crippen LogP contribution in [0.4, 0.5) is 5.82 Å². The highest BCUT2D eigenvalue weighted by atomic mass is 16.4. The van der Waals surface area contributed by atoms with Gasteiger partial charge in [-0.3, -0.25) is 0 Å². The van der Waals surface area contributed by atoms with Gasteiger partial charge in [-0.05, 0) is 51.4 Å². The van der Waals surface area contributed by atoms with Gasteiger partial charge in [0.25, 0.3) is 0 Å². The van der Waals surface area contributed by atoms with Crippen LogP contribution < -0.4 is 10.6 Å². The van der Waals surface area contributed by atoms with Gasteiger partial charge in [0.15, 0.2) is 5.84 Å². The maximum atomic E-state index is 8.99. The molecule has 0 unspecified atom stereocenters. The lowest BCUT2D eigenvalue weighted by Gasteiger charge is -2.35. The summed E-state index contributed by atoms with van der Waals surface area (Å²) < 4.78 is 0. The second-order valence-electron chi connectivity index (χ2n) is 6.00. The lowest BCUT2D eigenvalue weighted by atomic mass is 9.96. The fourth-order valence-electron chi connectivity index (χ4n) is 2.99. The summed E-state index contributed by atoms with van der Waals surface area (Å²) in [5.74, 6) is 1.69. The first-order valence-corrected chi connectivity index (χ1v) is 7.36. The summed E-state index contributed by atoms with van der Waals surface area (Å²) in [6.07, 6.45) is 4.07. The topological polar surface area (TPSA) is 78.0 Å². The highest BCUT2D eigenvalue weighted by Crippen LogP contribution is 2.26. The summed E-state index contributed by atoms with van der Waals surface area (Å²) in [6.45, 7) is 5.00. The largest absolute Gasteiger partial charge is 0.409 e. The number of anilines is 1. The Labute approximate surface area is 126 Å². The number of rotatable bonds is 4. The third-order valence-electron chi connectivity index (χ3n) is 4.04. The molecule has 116 valence electrons. The average Bonchev–Trinajstić information content (AvgIpc) is 2.46. The first kappa shape index (κ1) is 15.6. The van der Waals surface area contributed by atoms with Crippen molar-refractivity contribution >= 4 is 11.7 Å². The van der Waals surface area contributed by atoms with Gasteiger partial charge in [0.2, 0.25) is 0 Å². The van der Waals surface area contributed by atoms with Gasteiger partial charge in [-0.2, -0.15) is 0 Å². The van der Waals surface area contributed by atoms with Crippen LogP contribution in [0.2, 0.25) is 0 Å². The molecule has 6 heteroatoms. The number of piperidine rings is 1. The van der Waals surface area contributed by atoms with E-state index in [9.17, 15) is 0 Å². The molecule has 6 nitrogen and oxygen atoms in total. The van der Waals surface area contributed by atoms with E-state index in [0.29, 0.717) is 0 Å². The summed E-state index contributed by atoms with van der Waals surface area (Å²) in [4.78, 5) is 8.95. The Kier molecular flexibility index (Phi) is 5.01. The standard InChI is InChI=1S/C15H25N5O/c1-11-4-7-17-15(13(11)14(16)18-21)20-8-5-12(6-9-20)10-19(2)3/h4,7,12,21H,5-6,8-10H2,1-3H3,(H2,16,18).